The highest BCUT2D eigenvalue weighted by molar-refractivity contribution is 5.79. The van der Waals surface area contributed by atoms with Crippen LogP contribution in [0.1, 0.15) is 39.0 Å². The van der Waals surface area contributed by atoms with Crippen LogP contribution in [0.15, 0.2) is 0 Å². The van der Waals surface area contributed by atoms with Crippen LogP contribution in [-0.2, 0) is 14.3 Å². The van der Waals surface area contributed by atoms with Crippen LogP contribution in [0.3, 0.4) is 0 Å². The van der Waals surface area contributed by atoms with Gasteiger partial charge in [-0.25, -0.2) is 0 Å². The molecule has 0 fully saturated rings. The summed E-state index contributed by atoms with van der Waals surface area (Å²) in [4.78, 5) is 21.2. The summed E-state index contributed by atoms with van der Waals surface area (Å²) in [5.74, 6) is -0.673. The summed E-state index contributed by atoms with van der Waals surface area (Å²) >= 11 is 0. The number of rotatable bonds is 9. The van der Waals surface area contributed by atoms with Crippen molar-refractivity contribution in [3.8, 4) is 0 Å². The van der Waals surface area contributed by atoms with Crippen molar-refractivity contribution in [1.29, 1.82) is 0 Å². The number of ether oxygens (including phenoxy) is 1. The van der Waals surface area contributed by atoms with Gasteiger partial charge in [-0.05, 0) is 19.8 Å². The van der Waals surface area contributed by atoms with Crippen molar-refractivity contribution in [2.24, 2.45) is 0 Å². The zero-order chi connectivity index (χ0) is 10.8. The van der Waals surface area contributed by atoms with E-state index < -0.39 is 5.97 Å². The molecule has 0 heterocycles. The lowest BCUT2D eigenvalue weighted by Gasteiger charge is -2.00. The average molecular weight is 202 g/mol. The number of carbonyl (C=O) groups excluding carboxylic acids is 1. The molecule has 0 aliphatic carbocycles. The van der Waals surface area contributed by atoms with Crippen molar-refractivity contribution in [3.63, 3.8) is 0 Å². The van der Waals surface area contributed by atoms with Crippen molar-refractivity contribution in [1.82, 2.24) is 0 Å². The van der Waals surface area contributed by atoms with E-state index >= 15 is 0 Å². The molecule has 0 aliphatic rings. The number of Topliss-reactive ketones (excluding diaryl/α,β-unsaturated/α-hetero) is 1. The lowest BCUT2D eigenvalue weighted by Crippen LogP contribution is -2.08. The van der Waals surface area contributed by atoms with Crippen LogP contribution >= 0.6 is 0 Å². The molecule has 0 spiro atoms. The maximum atomic E-state index is 11.1. The minimum atomic E-state index is -0.773. The summed E-state index contributed by atoms with van der Waals surface area (Å²) in [5.41, 5.74) is 0. The molecule has 0 amide bonds. The Morgan fingerprint density at radius 2 is 1.79 bits per heavy atom. The highest BCUT2D eigenvalue weighted by Crippen LogP contribution is 2.03. The van der Waals surface area contributed by atoms with Gasteiger partial charge in [0.2, 0.25) is 0 Å². The summed E-state index contributed by atoms with van der Waals surface area (Å²) in [5, 5.41) is 8.35. The molecule has 0 aromatic rings. The van der Waals surface area contributed by atoms with Gasteiger partial charge in [-0.15, -0.1) is 0 Å². The number of carboxylic acid groups (broad SMARTS) is 1. The summed E-state index contributed by atoms with van der Waals surface area (Å²) < 4.78 is 4.95. The molecule has 4 nitrogen and oxygen atoms in total. The fourth-order valence-electron chi connectivity index (χ4n) is 1.06. The predicted molar refractivity (Wildman–Crippen MR) is 52.2 cm³/mol. The van der Waals surface area contributed by atoms with E-state index in [0.717, 1.165) is 12.8 Å². The van der Waals surface area contributed by atoms with Crippen molar-refractivity contribution in [3.05, 3.63) is 0 Å². The van der Waals surface area contributed by atoms with Crippen LogP contribution in [0.2, 0.25) is 0 Å². The first-order valence-corrected chi connectivity index (χ1v) is 4.98. The maximum Gasteiger partial charge on any atom is 0.303 e. The fourth-order valence-corrected chi connectivity index (χ4v) is 1.06. The molecular weight excluding hydrogens is 184 g/mol. The number of unbranched alkanes of at least 4 members (excludes halogenated alkanes) is 2. The first kappa shape index (κ1) is 13.1. The summed E-state index contributed by atoms with van der Waals surface area (Å²) in [6, 6.07) is 0. The number of ketones is 1. The molecule has 0 saturated carbocycles. The Morgan fingerprint density at radius 1 is 1.14 bits per heavy atom. The number of carbonyl (C=O) groups is 2. The largest absolute Gasteiger partial charge is 0.481 e. The number of carboxylic acids is 1. The minimum absolute atomic E-state index is 0.0992. The van der Waals surface area contributed by atoms with E-state index in [1.807, 2.05) is 6.92 Å². The van der Waals surface area contributed by atoms with E-state index in [2.05, 4.69) is 0 Å². The normalized spacial score (nSPS) is 10.1. The van der Waals surface area contributed by atoms with Crippen LogP contribution in [-0.4, -0.2) is 30.1 Å². The van der Waals surface area contributed by atoms with E-state index in [1.54, 1.807) is 0 Å². The number of aliphatic carboxylic acids is 1. The second-order valence-corrected chi connectivity index (χ2v) is 3.13. The van der Waals surface area contributed by atoms with E-state index in [1.165, 1.54) is 0 Å². The first-order valence-electron chi connectivity index (χ1n) is 4.98. The van der Waals surface area contributed by atoms with Crippen LogP contribution < -0.4 is 0 Å². The minimum Gasteiger partial charge on any atom is -0.481 e. The molecule has 0 rings (SSSR count). The maximum absolute atomic E-state index is 11.1. The molecule has 4 heteroatoms. The third kappa shape index (κ3) is 9.19. The Hall–Kier alpha value is -0.900. The molecule has 0 atom stereocenters. The predicted octanol–water partition coefficient (Wildman–Crippen LogP) is 1.63. The van der Waals surface area contributed by atoms with Gasteiger partial charge in [-0.1, -0.05) is 6.42 Å². The second-order valence-electron chi connectivity index (χ2n) is 3.13. The van der Waals surface area contributed by atoms with Gasteiger partial charge in [-0.2, -0.15) is 0 Å². The summed E-state index contributed by atoms with van der Waals surface area (Å²) in [7, 11) is 0. The highest BCUT2D eigenvalue weighted by Gasteiger charge is 2.02. The Labute approximate surface area is 84.3 Å². The number of hydrogen-bond donors (Lipinski definition) is 1. The Morgan fingerprint density at radius 3 is 2.36 bits per heavy atom. The van der Waals surface area contributed by atoms with Crippen molar-refractivity contribution >= 4 is 11.8 Å². The van der Waals surface area contributed by atoms with Crippen LogP contribution in [0.25, 0.3) is 0 Å². The van der Waals surface area contributed by atoms with Crippen LogP contribution in [0.5, 0.6) is 0 Å². The second kappa shape index (κ2) is 8.69. The topological polar surface area (TPSA) is 63.6 Å². The first-order chi connectivity index (χ1) is 6.66. The van der Waals surface area contributed by atoms with Crippen molar-refractivity contribution in [2.45, 2.75) is 39.0 Å². The van der Waals surface area contributed by atoms with E-state index in [0.29, 0.717) is 19.4 Å². The van der Waals surface area contributed by atoms with Crippen molar-refractivity contribution < 1.29 is 19.4 Å². The molecule has 82 valence electrons. The molecule has 0 aromatic heterocycles. The smallest absolute Gasteiger partial charge is 0.303 e. The number of hydrogen-bond acceptors (Lipinski definition) is 3. The molecule has 14 heavy (non-hydrogen) atoms. The standard InChI is InChI=1S/C10H18O4/c1-2-14-8-9(11)6-4-3-5-7-10(12)13/h2-8H2,1H3,(H,12,13). The summed E-state index contributed by atoms with van der Waals surface area (Å²) in [6.07, 6.45) is 2.90. The van der Waals surface area contributed by atoms with Gasteiger partial charge in [-0.3, -0.25) is 9.59 Å². The summed E-state index contributed by atoms with van der Waals surface area (Å²) in [6.45, 7) is 2.60. The van der Waals surface area contributed by atoms with Crippen molar-refractivity contribution in [2.75, 3.05) is 13.2 Å². The van der Waals surface area contributed by atoms with Gasteiger partial charge < -0.3 is 9.84 Å². The average Bonchev–Trinajstić information content (AvgIpc) is 2.13. The molecule has 0 radical (unpaired) electrons. The molecule has 0 saturated heterocycles. The molecule has 0 unspecified atom stereocenters. The molecule has 1 N–H and O–H groups in total. The molecular formula is C10H18O4. The monoisotopic (exact) mass is 202 g/mol. The Balaban J connectivity index is 3.19. The van der Waals surface area contributed by atoms with E-state index in [-0.39, 0.29) is 18.8 Å². The van der Waals surface area contributed by atoms with Gasteiger partial charge in [0, 0.05) is 19.4 Å². The fraction of sp³-hybridized carbons (Fsp3) is 0.800. The Kier molecular flexibility index (Phi) is 8.13. The molecule has 0 aromatic carbocycles. The molecule has 0 aliphatic heterocycles. The van der Waals surface area contributed by atoms with Gasteiger partial charge in [0.1, 0.15) is 6.61 Å². The van der Waals surface area contributed by atoms with E-state index in [4.69, 9.17) is 9.84 Å². The van der Waals surface area contributed by atoms with Gasteiger partial charge in [0.15, 0.2) is 5.78 Å². The van der Waals surface area contributed by atoms with Gasteiger partial charge in [0.05, 0.1) is 0 Å². The van der Waals surface area contributed by atoms with Gasteiger partial charge in [0.25, 0.3) is 0 Å². The lowest BCUT2D eigenvalue weighted by molar-refractivity contribution is -0.137. The third-order valence-corrected chi connectivity index (χ3v) is 1.81. The third-order valence-electron chi connectivity index (χ3n) is 1.81. The van der Waals surface area contributed by atoms with Crippen LogP contribution in [0.4, 0.5) is 0 Å². The Bertz CT molecular complexity index is 177. The van der Waals surface area contributed by atoms with E-state index in [9.17, 15) is 9.59 Å². The SMILES string of the molecule is CCOCC(=O)CCCCCC(=O)O. The zero-order valence-electron chi connectivity index (χ0n) is 8.62. The van der Waals surface area contributed by atoms with Gasteiger partial charge >= 0.3 is 5.97 Å². The molecule has 0 bridgehead atoms. The highest BCUT2D eigenvalue weighted by atomic mass is 16.5. The lowest BCUT2D eigenvalue weighted by atomic mass is 10.1. The van der Waals surface area contributed by atoms with Crippen LogP contribution in [0, 0.1) is 0 Å². The quantitative estimate of drug-likeness (QED) is 0.577. The zero-order valence-corrected chi connectivity index (χ0v) is 8.62.